The van der Waals surface area contributed by atoms with Gasteiger partial charge in [-0.1, -0.05) is 12.6 Å². The molecule has 1 aliphatic heterocycles. The van der Waals surface area contributed by atoms with Crippen LogP contribution in [0.4, 0.5) is 0 Å². The van der Waals surface area contributed by atoms with Crippen LogP contribution in [-0.4, -0.2) is 65.9 Å². The Kier molecular flexibility index (Phi) is 7.08. The monoisotopic (exact) mass is 448 g/mol. The molecule has 1 N–H and O–H groups in total. The Hall–Kier alpha value is -3.19. The van der Waals surface area contributed by atoms with Gasteiger partial charge in [-0.25, -0.2) is 0 Å². The molecular weight excluding hydrogens is 416 g/mol. The Bertz CT molecular complexity index is 986. The van der Waals surface area contributed by atoms with Gasteiger partial charge in [-0.3, -0.25) is 19.5 Å². The van der Waals surface area contributed by atoms with Crippen LogP contribution < -0.4 is 10.1 Å². The normalized spacial score (nSPS) is 19.6. The summed E-state index contributed by atoms with van der Waals surface area (Å²) in [5, 5.41) is 2.63. The zero-order chi connectivity index (χ0) is 23.4. The molecule has 2 fully saturated rings. The zero-order valence-corrected chi connectivity index (χ0v) is 19.4. The van der Waals surface area contributed by atoms with Crippen LogP contribution in [0.5, 0.6) is 5.75 Å². The van der Waals surface area contributed by atoms with Gasteiger partial charge >= 0.3 is 0 Å². The van der Waals surface area contributed by atoms with E-state index in [4.69, 9.17) is 9.72 Å². The van der Waals surface area contributed by atoms with Crippen molar-refractivity contribution in [1.82, 2.24) is 20.1 Å². The number of pyridine rings is 1. The molecule has 0 radical (unpaired) electrons. The van der Waals surface area contributed by atoms with Gasteiger partial charge in [0, 0.05) is 68.2 Å². The van der Waals surface area contributed by atoms with Gasteiger partial charge in [0.15, 0.2) is 0 Å². The van der Waals surface area contributed by atoms with Crippen LogP contribution in [0.15, 0.2) is 55.3 Å². The fourth-order valence-corrected chi connectivity index (χ4v) is 4.31. The number of hydrogen-bond acceptors (Lipinski definition) is 5. The van der Waals surface area contributed by atoms with Crippen molar-refractivity contribution in [2.75, 3.05) is 33.2 Å². The van der Waals surface area contributed by atoms with Crippen molar-refractivity contribution in [3.05, 3.63) is 72.1 Å². The maximum Gasteiger partial charge on any atom is 0.251 e. The molecule has 1 unspecified atom stereocenters. The van der Waals surface area contributed by atoms with Crippen LogP contribution in [-0.2, 0) is 4.79 Å². The van der Waals surface area contributed by atoms with Crippen LogP contribution >= 0.6 is 0 Å². The summed E-state index contributed by atoms with van der Waals surface area (Å²) in [6.45, 7) is 8.56. The maximum absolute atomic E-state index is 12.1. The second-order valence-corrected chi connectivity index (χ2v) is 8.85. The van der Waals surface area contributed by atoms with E-state index in [-0.39, 0.29) is 24.0 Å². The lowest BCUT2D eigenvalue weighted by Gasteiger charge is -2.40. The van der Waals surface area contributed by atoms with Crippen LogP contribution in [0.2, 0.25) is 0 Å². The van der Waals surface area contributed by atoms with Crippen LogP contribution in [0.3, 0.4) is 0 Å². The molecule has 2 aromatic rings. The molecule has 0 spiro atoms. The molecule has 1 aliphatic carbocycles. The van der Waals surface area contributed by atoms with E-state index >= 15 is 0 Å². The van der Waals surface area contributed by atoms with Crippen molar-refractivity contribution in [2.45, 2.75) is 37.8 Å². The van der Waals surface area contributed by atoms with Crippen molar-refractivity contribution in [1.29, 1.82) is 0 Å². The quantitative estimate of drug-likeness (QED) is 0.628. The molecule has 7 heteroatoms. The molecule has 7 nitrogen and oxygen atoms in total. The Morgan fingerprint density at radius 3 is 2.55 bits per heavy atom. The summed E-state index contributed by atoms with van der Waals surface area (Å²) < 4.78 is 6.41. The first-order valence-corrected chi connectivity index (χ1v) is 11.6. The first-order valence-electron chi connectivity index (χ1n) is 11.6. The number of nitrogens with zero attached hydrogens (tertiary/aromatic N) is 3. The SMILES string of the molecule is C=CC(=O)N1CCN(CC(Oc2ccc(C(=O)NC)cc2)c2ccc(C3CC3)nc2)C[C@H]1C. The van der Waals surface area contributed by atoms with Crippen LogP contribution in [0.1, 0.15) is 53.4 Å². The van der Waals surface area contributed by atoms with E-state index in [0.29, 0.717) is 30.3 Å². The fraction of sp³-hybridized carbons (Fsp3) is 0.423. The molecule has 2 aliphatic rings. The molecule has 1 aromatic heterocycles. The van der Waals surface area contributed by atoms with Crippen molar-refractivity contribution < 1.29 is 14.3 Å². The minimum Gasteiger partial charge on any atom is -0.484 e. The third-order valence-electron chi connectivity index (χ3n) is 6.39. The van der Waals surface area contributed by atoms with Gasteiger partial charge < -0.3 is 15.0 Å². The molecule has 1 saturated heterocycles. The van der Waals surface area contributed by atoms with E-state index in [1.54, 1.807) is 19.2 Å². The number of amides is 2. The lowest BCUT2D eigenvalue weighted by molar-refractivity contribution is -0.130. The number of piperazine rings is 1. The van der Waals surface area contributed by atoms with E-state index in [1.165, 1.54) is 18.9 Å². The van der Waals surface area contributed by atoms with Gasteiger partial charge in [0.1, 0.15) is 11.9 Å². The summed E-state index contributed by atoms with van der Waals surface area (Å²) in [5.41, 5.74) is 2.76. The zero-order valence-electron chi connectivity index (χ0n) is 19.4. The standard InChI is InChI=1S/C26H32N4O3/c1-4-25(31)30-14-13-29(16-18(30)2)17-24(21-9-12-23(28-15-21)19-5-6-19)33-22-10-7-20(8-11-22)26(32)27-3/h4,7-12,15,18-19,24H,1,5-6,13-14,16-17H2,2-3H3,(H,27,32)/t18-,24?/m1/s1. The highest BCUT2D eigenvalue weighted by molar-refractivity contribution is 5.94. The highest BCUT2D eigenvalue weighted by Gasteiger charge is 2.29. The maximum atomic E-state index is 12.1. The van der Waals surface area contributed by atoms with E-state index in [2.05, 4.69) is 35.9 Å². The summed E-state index contributed by atoms with van der Waals surface area (Å²) in [4.78, 5) is 32.8. The van der Waals surface area contributed by atoms with Gasteiger partial charge in [-0.15, -0.1) is 0 Å². The van der Waals surface area contributed by atoms with Gasteiger partial charge in [0.05, 0.1) is 0 Å². The number of nitrogens with one attached hydrogen (secondary N) is 1. The fourth-order valence-electron chi connectivity index (χ4n) is 4.31. The van der Waals surface area contributed by atoms with Crippen molar-refractivity contribution in [3.63, 3.8) is 0 Å². The van der Waals surface area contributed by atoms with Gasteiger partial charge in [0.2, 0.25) is 5.91 Å². The molecule has 1 aromatic carbocycles. The van der Waals surface area contributed by atoms with Crippen molar-refractivity contribution in [2.24, 2.45) is 0 Å². The van der Waals surface area contributed by atoms with E-state index in [1.807, 2.05) is 23.2 Å². The summed E-state index contributed by atoms with van der Waals surface area (Å²) >= 11 is 0. The van der Waals surface area contributed by atoms with E-state index < -0.39 is 0 Å². The van der Waals surface area contributed by atoms with Crippen LogP contribution in [0.25, 0.3) is 0 Å². The molecule has 174 valence electrons. The molecule has 2 atom stereocenters. The average Bonchev–Trinajstić information content (AvgIpc) is 3.69. The van der Waals surface area contributed by atoms with E-state index in [0.717, 1.165) is 24.3 Å². The summed E-state index contributed by atoms with van der Waals surface area (Å²) in [6.07, 6.45) is 5.53. The Labute approximate surface area is 195 Å². The molecular formula is C26H32N4O3. The molecule has 1 saturated carbocycles. The third-order valence-corrected chi connectivity index (χ3v) is 6.39. The van der Waals surface area contributed by atoms with E-state index in [9.17, 15) is 9.59 Å². The number of aromatic nitrogens is 1. The summed E-state index contributed by atoms with van der Waals surface area (Å²) in [7, 11) is 1.62. The van der Waals surface area contributed by atoms with Gasteiger partial charge in [0.25, 0.3) is 5.91 Å². The minimum atomic E-state index is -0.217. The summed E-state index contributed by atoms with van der Waals surface area (Å²) in [6, 6.07) is 11.5. The van der Waals surface area contributed by atoms with Gasteiger partial charge in [-0.05, 0) is 56.2 Å². The third kappa shape index (κ3) is 5.60. The largest absolute Gasteiger partial charge is 0.484 e. The topological polar surface area (TPSA) is 74.8 Å². The first-order chi connectivity index (χ1) is 16.0. The molecule has 2 amide bonds. The lowest BCUT2D eigenvalue weighted by Crippen LogP contribution is -2.54. The lowest BCUT2D eigenvalue weighted by atomic mass is 10.1. The number of ether oxygens (including phenoxy) is 1. The minimum absolute atomic E-state index is 0.0222. The number of hydrogen-bond donors (Lipinski definition) is 1. The molecule has 2 heterocycles. The second kappa shape index (κ2) is 10.2. The Balaban J connectivity index is 1.49. The predicted molar refractivity (Wildman–Crippen MR) is 127 cm³/mol. The number of rotatable bonds is 8. The number of carbonyl (C=O) groups is 2. The van der Waals surface area contributed by atoms with Gasteiger partial charge in [-0.2, -0.15) is 0 Å². The second-order valence-electron chi connectivity index (χ2n) is 8.85. The molecule has 4 rings (SSSR count). The predicted octanol–water partition coefficient (Wildman–Crippen LogP) is 3.16. The first kappa shape index (κ1) is 23.0. The highest BCUT2D eigenvalue weighted by atomic mass is 16.5. The van der Waals surface area contributed by atoms with Crippen LogP contribution in [0, 0.1) is 0 Å². The highest BCUT2D eigenvalue weighted by Crippen LogP contribution is 2.39. The molecule has 0 bridgehead atoms. The average molecular weight is 449 g/mol. The smallest absolute Gasteiger partial charge is 0.251 e. The number of carbonyl (C=O) groups excluding carboxylic acids is 2. The summed E-state index contributed by atoms with van der Waals surface area (Å²) in [5.74, 6) is 1.16. The Morgan fingerprint density at radius 1 is 1.21 bits per heavy atom. The number of benzene rings is 1. The van der Waals surface area contributed by atoms with Crippen molar-refractivity contribution in [3.8, 4) is 5.75 Å². The molecule has 33 heavy (non-hydrogen) atoms. The van der Waals surface area contributed by atoms with Crippen molar-refractivity contribution >= 4 is 11.8 Å². The Morgan fingerprint density at radius 2 is 1.97 bits per heavy atom.